The Labute approximate surface area is 218 Å². The topological polar surface area (TPSA) is 126 Å². The zero-order valence-corrected chi connectivity index (χ0v) is 20.8. The maximum atomic E-state index is 13.2. The molecule has 3 N–H and O–H groups in total. The number of benzene rings is 1. The van der Waals surface area contributed by atoms with E-state index in [9.17, 15) is 4.39 Å². The zero-order chi connectivity index (χ0) is 25.7. The highest BCUT2D eigenvalue weighted by Crippen LogP contribution is 2.39. The van der Waals surface area contributed by atoms with Crippen molar-refractivity contribution in [2.24, 2.45) is 0 Å². The molecule has 2 fully saturated rings. The Hall–Kier alpha value is -4.03. The van der Waals surface area contributed by atoms with Gasteiger partial charge < -0.3 is 24.6 Å². The van der Waals surface area contributed by atoms with E-state index in [-0.39, 0.29) is 5.82 Å². The largest absolute Gasteiger partial charge is 0.476 e. The molecule has 198 valence electrons. The van der Waals surface area contributed by atoms with Crippen molar-refractivity contribution in [2.75, 3.05) is 50.1 Å². The molecular weight excluding hydrogens is 491 g/mol. The fourth-order valence-corrected chi connectivity index (χ4v) is 4.20. The Balaban J connectivity index is 1.13. The molecule has 0 amide bonds. The second kappa shape index (κ2) is 11.2. The van der Waals surface area contributed by atoms with Gasteiger partial charge in [-0.3, -0.25) is 10.00 Å². The van der Waals surface area contributed by atoms with Crippen LogP contribution in [0.3, 0.4) is 0 Å². The first-order valence-corrected chi connectivity index (χ1v) is 12.8. The number of ether oxygens (including phenoxy) is 2. The molecule has 0 atom stereocenters. The summed E-state index contributed by atoms with van der Waals surface area (Å²) in [6, 6.07) is 11.7. The molecule has 11 nitrogen and oxygen atoms in total. The van der Waals surface area contributed by atoms with Gasteiger partial charge in [0, 0.05) is 55.0 Å². The molecule has 6 rings (SSSR count). The van der Waals surface area contributed by atoms with Crippen molar-refractivity contribution in [3.63, 3.8) is 0 Å². The van der Waals surface area contributed by atoms with Crippen LogP contribution >= 0.6 is 0 Å². The van der Waals surface area contributed by atoms with Crippen LogP contribution < -0.4 is 15.4 Å². The minimum atomic E-state index is -0.300. The van der Waals surface area contributed by atoms with Gasteiger partial charge in [-0.05, 0) is 37.1 Å². The molecule has 1 aliphatic carbocycles. The summed E-state index contributed by atoms with van der Waals surface area (Å²) in [4.78, 5) is 11.4. The Bertz CT molecular complexity index is 1350. The van der Waals surface area contributed by atoms with E-state index in [1.165, 1.54) is 25.0 Å². The first-order valence-electron chi connectivity index (χ1n) is 12.8. The zero-order valence-electron chi connectivity index (χ0n) is 20.8. The first kappa shape index (κ1) is 24.3. The smallest absolute Gasteiger partial charge is 0.228 e. The normalized spacial score (nSPS) is 15.9. The van der Waals surface area contributed by atoms with Crippen LogP contribution in [0.15, 0.2) is 47.0 Å². The lowest BCUT2D eigenvalue weighted by Gasteiger charge is -2.26. The van der Waals surface area contributed by atoms with Crippen LogP contribution in [0, 0.1) is 5.82 Å². The lowest BCUT2D eigenvalue weighted by atomic mass is 10.1. The summed E-state index contributed by atoms with van der Waals surface area (Å²) >= 11 is 0. The number of aromatic nitrogens is 5. The maximum Gasteiger partial charge on any atom is 0.228 e. The number of aromatic amines is 1. The molecule has 2 aliphatic rings. The second-order valence-corrected chi connectivity index (χ2v) is 9.36. The predicted octanol–water partition coefficient (Wildman–Crippen LogP) is 3.94. The number of hydrogen-bond donors (Lipinski definition) is 3. The molecule has 1 saturated carbocycles. The van der Waals surface area contributed by atoms with Gasteiger partial charge in [0.15, 0.2) is 11.6 Å². The molecule has 0 unspecified atom stereocenters. The lowest BCUT2D eigenvalue weighted by Crippen LogP contribution is -2.38. The Kier molecular flexibility index (Phi) is 7.14. The highest BCUT2D eigenvalue weighted by atomic mass is 19.1. The number of nitrogens with zero attached hydrogens (tertiary/aromatic N) is 5. The second-order valence-electron chi connectivity index (χ2n) is 9.36. The third-order valence-corrected chi connectivity index (χ3v) is 6.45. The molecule has 3 aromatic heterocycles. The molecule has 12 heteroatoms. The van der Waals surface area contributed by atoms with Crippen molar-refractivity contribution >= 4 is 17.6 Å². The van der Waals surface area contributed by atoms with E-state index in [1.807, 2.05) is 6.07 Å². The standard InChI is InChI=1S/C26H29FN8O3/c27-19-5-3-18(4-6-19)22-13-20(38-34-22)16-28-26-30-23(29-24-14-21(32-33-24)17-1-2-17)15-25(31-26)37-12-9-35-7-10-36-11-8-35/h3-6,13-15,17H,1-2,7-12,16H2,(H3,28,29,30,31,32,33). The fourth-order valence-electron chi connectivity index (χ4n) is 4.20. The third kappa shape index (κ3) is 6.26. The third-order valence-electron chi connectivity index (χ3n) is 6.45. The molecule has 1 aliphatic heterocycles. The van der Waals surface area contributed by atoms with Crippen LogP contribution in [0.25, 0.3) is 11.3 Å². The number of rotatable bonds is 11. The molecule has 0 spiro atoms. The molecule has 4 aromatic rings. The van der Waals surface area contributed by atoms with E-state index in [0.29, 0.717) is 54.0 Å². The predicted molar refractivity (Wildman–Crippen MR) is 138 cm³/mol. The molecule has 1 aromatic carbocycles. The van der Waals surface area contributed by atoms with Crippen molar-refractivity contribution in [1.29, 1.82) is 0 Å². The van der Waals surface area contributed by atoms with Gasteiger partial charge in [-0.15, -0.1) is 0 Å². The summed E-state index contributed by atoms with van der Waals surface area (Å²) < 4.78 is 30.1. The van der Waals surface area contributed by atoms with Gasteiger partial charge in [0.1, 0.15) is 23.9 Å². The van der Waals surface area contributed by atoms with Crippen LogP contribution in [-0.4, -0.2) is 69.7 Å². The number of nitrogens with one attached hydrogen (secondary N) is 3. The van der Waals surface area contributed by atoms with Gasteiger partial charge in [-0.2, -0.15) is 15.1 Å². The van der Waals surface area contributed by atoms with Crippen LogP contribution in [0.1, 0.15) is 30.2 Å². The van der Waals surface area contributed by atoms with Crippen molar-refractivity contribution in [1.82, 2.24) is 30.2 Å². The van der Waals surface area contributed by atoms with Gasteiger partial charge in [-0.25, -0.2) is 4.39 Å². The van der Waals surface area contributed by atoms with E-state index in [0.717, 1.165) is 44.1 Å². The number of morpholine rings is 1. The van der Waals surface area contributed by atoms with Crippen molar-refractivity contribution in [3.8, 4) is 17.1 Å². The molecule has 0 radical (unpaired) electrons. The Morgan fingerprint density at radius 2 is 1.89 bits per heavy atom. The lowest BCUT2D eigenvalue weighted by molar-refractivity contribution is 0.0320. The van der Waals surface area contributed by atoms with E-state index < -0.39 is 0 Å². The quantitative estimate of drug-likeness (QED) is 0.268. The molecular formula is C26H29FN8O3. The van der Waals surface area contributed by atoms with Gasteiger partial charge >= 0.3 is 0 Å². The SMILES string of the molecule is Fc1ccc(-c2cc(CNc3nc(Nc4cc(C5CC5)[nH]n4)cc(OCCN4CCOCC4)n3)on2)cc1. The van der Waals surface area contributed by atoms with Gasteiger partial charge in [0.25, 0.3) is 0 Å². The first-order chi connectivity index (χ1) is 18.7. The highest BCUT2D eigenvalue weighted by Gasteiger charge is 2.25. The van der Waals surface area contributed by atoms with Crippen molar-refractivity contribution < 1.29 is 18.4 Å². The average molecular weight is 521 g/mol. The summed E-state index contributed by atoms with van der Waals surface area (Å²) in [5.41, 5.74) is 2.52. The average Bonchev–Trinajstić information content (AvgIpc) is 3.49. The van der Waals surface area contributed by atoms with E-state index in [1.54, 1.807) is 24.3 Å². The Morgan fingerprint density at radius 1 is 1.05 bits per heavy atom. The number of H-pyrrole nitrogens is 1. The minimum Gasteiger partial charge on any atom is -0.476 e. The van der Waals surface area contributed by atoms with Crippen molar-refractivity contribution in [2.45, 2.75) is 25.3 Å². The summed E-state index contributed by atoms with van der Waals surface area (Å²) in [6.45, 7) is 4.86. The number of halogens is 1. The fraction of sp³-hybridized carbons (Fsp3) is 0.385. The Morgan fingerprint density at radius 3 is 2.71 bits per heavy atom. The van der Waals surface area contributed by atoms with Crippen LogP contribution in [0.5, 0.6) is 5.88 Å². The minimum absolute atomic E-state index is 0.300. The summed E-state index contributed by atoms with van der Waals surface area (Å²) in [5.74, 6) is 2.92. The van der Waals surface area contributed by atoms with Crippen molar-refractivity contribution in [3.05, 3.63) is 59.7 Å². The van der Waals surface area contributed by atoms with E-state index in [4.69, 9.17) is 14.0 Å². The van der Waals surface area contributed by atoms with E-state index >= 15 is 0 Å². The van der Waals surface area contributed by atoms with Crippen LogP contribution in [0.4, 0.5) is 22.0 Å². The number of hydrogen-bond acceptors (Lipinski definition) is 10. The van der Waals surface area contributed by atoms with Gasteiger partial charge in [-0.1, -0.05) is 5.16 Å². The molecule has 0 bridgehead atoms. The molecule has 1 saturated heterocycles. The molecule has 38 heavy (non-hydrogen) atoms. The van der Waals surface area contributed by atoms with E-state index in [2.05, 4.69) is 40.9 Å². The number of anilines is 3. The monoisotopic (exact) mass is 520 g/mol. The van der Waals surface area contributed by atoms with Gasteiger partial charge in [0.05, 0.1) is 19.8 Å². The summed E-state index contributed by atoms with van der Waals surface area (Å²) in [7, 11) is 0. The summed E-state index contributed by atoms with van der Waals surface area (Å²) in [5, 5.41) is 18.0. The van der Waals surface area contributed by atoms with Gasteiger partial charge in [0.2, 0.25) is 11.8 Å². The van der Waals surface area contributed by atoms with Crippen LogP contribution in [0.2, 0.25) is 0 Å². The maximum absolute atomic E-state index is 13.2. The highest BCUT2D eigenvalue weighted by molar-refractivity contribution is 5.59. The summed E-state index contributed by atoms with van der Waals surface area (Å²) in [6.07, 6.45) is 2.38. The van der Waals surface area contributed by atoms with Crippen LogP contribution in [-0.2, 0) is 11.3 Å². The molecule has 4 heterocycles.